The Hall–Kier alpha value is -2.54. The second-order valence-electron chi connectivity index (χ2n) is 7.37. The van der Waals surface area contributed by atoms with Gasteiger partial charge < -0.3 is 5.32 Å². The minimum Gasteiger partial charge on any atom is -0.324 e. The summed E-state index contributed by atoms with van der Waals surface area (Å²) in [7, 11) is 0. The van der Waals surface area contributed by atoms with Crippen molar-refractivity contribution in [2.24, 2.45) is 0 Å². The van der Waals surface area contributed by atoms with Gasteiger partial charge in [-0.3, -0.25) is 4.79 Å². The average Bonchev–Trinajstić information content (AvgIpc) is 3.20. The Morgan fingerprint density at radius 2 is 1.69 bits per heavy atom. The lowest BCUT2D eigenvalue weighted by molar-refractivity contribution is -0.113. The minimum atomic E-state index is -0.152. The first-order chi connectivity index (χ1) is 15.5. The molecule has 0 radical (unpaired) electrons. The summed E-state index contributed by atoms with van der Waals surface area (Å²) in [5, 5.41) is 13.0. The van der Waals surface area contributed by atoms with E-state index in [0.717, 1.165) is 17.0 Å². The van der Waals surface area contributed by atoms with Crippen LogP contribution in [0.1, 0.15) is 25.3 Å². The fourth-order valence-electron chi connectivity index (χ4n) is 3.19. The molecule has 164 valence electrons. The van der Waals surface area contributed by atoms with Gasteiger partial charge in [-0.05, 0) is 66.9 Å². The van der Waals surface area contributed by atoms with Gasteiger partial charge >= 0.3 is 0 Å². The lowest BCUT2D eigenvalue weighted by Gasteiger charge is -2.07. The van der Waals surface area contributed by atoms with Gasteiger partial charge in [0.2, 0.25) is 5.91 Å². The zero-order valence-electron chi connectivity index (χ0n) is 17.5. The number of amides is 1. The number of thioether (sulfide) groups is 1. The Morgan fingerprint density at radius 3 is 2.38 bits per heavy atom. The fourth-order valence-corrected chi connectivity index (χ4v) is 4.22. The molecule has 0 aliphatic carbocycles. The molecule has 1 aromatic heterocycles. The highest BCUT2D eigenvalue weighted by atomic mass is 35.5. The summed E-state index contributed by atoms with van der Waals surface area (Å²) in [5.41, 5.74) is 4.02. The molecular formula is C24H22Cl2N4OS. The standard InChI is InChI=1S/C24H22Cl2N4OS/c1-2-3-4-16-5-9-18(10-6-16)30-28-22-13-20(26)21(14-23(22)29-30)27-24(31)15-32-19-11-7-17(25)8-12-19/h5-14H,2-4,15H2,1H3,(H,27,31). The van der Waals surface area contributed by atoms with Crippen molar-refractivity contribution in [3.05, 3.63) is 76.3 Å². The predicted molar refractivity (Wildman–Crippen MR) is 133 cm³/mol. The Labute approximate surface area is 201 Å². The van der Waals surface area contributed by atoms with E-state index in [0.29, 0.717) is 26.8 Å². The molecule has 0 saturated heterocycles. The maximum Gasteiger partial charge on any atom is 0.234 e. The third-order valence-corrected chi connectivity index (χ3v) is 6.49. The summed E-state index contributed by atoms with van der Waals surface area (Å²) in [6.07, 6.45) is 3.42. The molecule has 0 bridgehead atoms. The number of aryl methyl sites for hydroxylation is 1. The predicted octanol–water partition coefficient (Wildman–Crippen LogP) is 6.80. The van der Waals surface area contributed by atoms with Crippen LogP contribution in [0.15, 0.2) is 65.6 Å². The maximum absolute atomic E-state index is 12.4. The number of hydrogen-bond acceptors (Lipinski definition) is 4. The minimum absolute atomic E-state index is 0.152. The highest BCUT2D eigenvalue weighted by molar-refractivity contribution is 8.00. The SMILES string of the molecule is CCCCc1ccc(-n2nc3cc(Cl)c(NC(=O)CSc4ccc(Cl)cc4)cc3n2)cc1. The third kappa shape index (κ3) is 5.63. The molecule has 1 N–H and O–H groups in total. The van der Waals surface area contributed by atoms with Crippen molar-refractivity contribution < 1.29 is 4.79 Å². The molecule has 0 saturated carbocycles. The van der Waals surface area contributed by atoms with Gasteiger partial charge in [0.1, 0.15) is 11.0 Å². The van der Waals surface area contributed by atoms with Gasteiger partial charge in [-0.15, -0.1) is 22.0 Å². The molecule has 32 heavy (non-hydrogen) atoms. The molecule has 1 heterocycles. The summed E-state index contributed by atoms with van der Waals surface area (Å²) < 4.78 is 0. The van der Waals surface area contributed by atoms with E-state index in [-0.39, 0.29) is 11.7 Å². The van der Waals surface area contributed by atoms with Crippen LogP contribution >= 0.6 is 35.0 Å². The second-order valence-corrected chi connectivity index (χ2v) is 9.26. The van der Waals surface area contributed by atoms with Crippen LogP contribution < -0.4 is 5.32 Å². The summed E-state index contributed by atoms with van der Waals surface area (Å²) in [6.45, 7) is 2.19. The van der Waals surface area contributed by atoms with Gasteiger partial charge in [0, 0.05) is 9.92 Å². The molecular weight excluding hydrogens is 463 g/mol. The van der Waals surface area contributed by atoms with Crippen LogP contribution in [-0.2, 0) is 11.2 Å². The number of carbonyl (C=O) groups excluding carboxylic acids is 1. The number of aromatic nitrogens is 3. The van der Waals surface area contributed by atoms with Gasteiger partial charge in [-0.1, -0.05) is 48.7 Å². The topological polar surface area (TPSA) is 59.8 Å². The van der Waals surface area contributed by atoms with Gasteiger partial charge in [0.25, 0.3) is 0 Å². The Bertz CT molecular complexity index is 1220. The van der Waals surface area contributed by atoms with E-state index in [4.69, 9.17) is 23.2 Å². The number of carbonyl (C=O) groups is 1. The maximum atomic E-state index is 12.4. The first kappa shape index (κ1) is 22.6. The molecule has 0 spiro atoms. The van der Waals surface area contributed by atoms with Crippen molar-refractivity contribution in [3.8, 4) is 5.69 Å². The number of hydrogen-bond donors (Lipinski definition) is 1. The molecule has 0 fully saturated rings. The number of benzene rings is 3. The van der Waals surface area contributed by atoms with Crippen LogP contribution in [0.25, 0.3) is 16.7 Å². The molecule has 0 atom stereocenters. The summed E-state index contributed by atoms with van der Waals surface area (Å²) in [5.74, 6) is 0.105. The first-order valence-corrected chi connectivity index (χ1v) is 12.1. The Morgan fingerprint density at radius 1 is 1.00 bits per heavy atom. The fraction of sp³-hybridized carbons (Fsp3) is 0.208. The van der Waals surface area contributed by atoms with Gasteiger partial charge in [-0.25, -0.2) is 0 Å². The van der Waals surface area contributed by atoms with Crippen molar-refractivity contribution in [3.63, 3.8) is 0 Å². The zero-order valence-corrected chi connectivity index (χ0v) is 19.8. The highest BCUT2D eigenvalue weighted by Crippen LogP contribution is 2.28. The molecule has 4 aromatic rings. The van der Waals surface area contributed by atoms with Gasteiger partial charge in [0.05, 0.1) is 22.2 Å². The smallest absolute Gasteiger partial charge is 0.234 e. The summed E-state index contributed by atoms with van der Waals surface area (Å²) >= 11 is 13.7. The first-order valence-electron chi connectivity index (χ1n) is 10.4. The van der Waals surface area contributed by atoms with Crippen LogP contribution in [0.4, 0.5) is 5.69 Å². The third-order valence-electron chi connectivity index (χ3n) is 4.91. The summed E-state index contributed by atoms with van der Waals surface area (Å²) in [4.78, 5) is 15.0. The van der Waals surface area contributed by atoms with Crippen LogP contribution in [0.5, 0.6) is 0 Å². The van der Waals surface area contributed by atoms with Gasteiger partial charge in [0.15, 0.2) is 0 Å². The zero-order chi connectivity index (χ0) is 22.5. The molecule has 1 amide bonds. The van der Waals surface area contributed by atoms with Crippen LogP contribution in [0.2, 0.25) is 10.0 Å². The quantitative estimate of drug-likeness (QED) is 0.279. The highest BCUT2D eigenvalue weighted by Gasteiger charge is 2.12. The van der Waals surface area contributed by atoms with Crippen LogP contribution in [0, 0.1) is 0 Å². The molecule has 3 aromatic carbocycles. The van der Waals surface area contributed by atoms with Crippen molar-refractivity contribution in [2.45, 2.75) is 31.1 Å². The number of nitrogens with zero attached hydrogens (tertiary/aromatic N) is 3. The van der Waals surface area contributed by atoms with E-state index in [1.54, 1.807) is 29.1 Å². The number of rotatable bonds is 8. The van der Waals surface area contributed by atoms with E-state index in [9.17, 15) is 4.79 Å². The van der Waals surface area contributed by atoms with E-state index in [2.05, 4.69) is 34.6 Å². The van der Waals surface area contributed by atoms with Crippen LogP contribution in [-0.4, -0.2) is 26.7 Å². The average molecular weight is 485 g/mol. The van der Waals surface area contributed by atoms with E-state index >= 15 is 0 Å². The number of unbranched alkanes of at least 4 members (excludes halogenated alkanes) is 1. The molecule has 5 nitrogen and oxygen atoms in total. The molecule has 4 rings (SSSR count). The van der Waals surface area contributed by atoms with E-state index in [1.165, 1.54) is 30.2 Å². The Kier molecular flexibility index (Phi) is 7.35. The van der Waals surface area contributed by atoms with Crippen molar-refractivity contribution in [1.82, 2.24) is 15.0 Å². The van der Waals surface area contributed by atoms with Gasteiger partial charge in [-0.2, -0.15) is 4.80 Å². The van der Waals surface area contributed by atoms with E-state index < -0.39 is 0 Å². The molecule has 0 aliphatic rings. The number of fused-ring (bicyclic) bond motifs is 1. The number of anilines is 1. The number of halogens is 2. The lowest BCUT2D eigenvalue weighted by Crippen LogP contribution is -2.14. The second kappa shape index (κ2) is 10.4. The normalized spacial score (nSPS) is 11.1. The molecule has 0 unspecified atom stereocenters. The molecule has 0 aliphatic heterocycles. The van der Waals surface area contributed by atoms with E-state index in [1.807, 2.05) is 24.3 Å². The molecule has 8 heteroatoms. The van der Waals surface area contributed by atoms with Crippen LogP contribution in [0.3, 0.4) is 0 Å². The van der Waals surface area contributed by atoms with Crippen molar-refractivity contribution in [2.75, 3.05) is 11.1 Å². The van der Waals surface area contributed by atoms with Crippen molar-refractivity contribution in [1.29, 1.82) is 0 Å². The largest absolute Gasteiger partial charge is 0.324 e. The number of nitrogens with one attached hydrogen (secondary N) is 1. The summed E-state index contributed by atoms with van der Waals surface area (Å²) in [6, 6.07) is 19.1. The monoisotopic (exact) mass is 484 g/mol. The lowest BCUT2D eigenvalue weighted by atomic mass is 10.1. The Balaban J connectivity index is 1.46. The van der Waals surface area contributed by atoms with Crippen molar-refractivity contribution >= 4 is 57.6 Å².